The maximum absolute atomic E-state index is 5.39. The van der Waals surface area contributed by atoms with Crippen molar-refractivity contribution in [3.63, 3.8) is 0 Å². The largest absolute Gasteiger partial charge is 0.208 e. The van der Waals surface area contributed by atoms with Crippen LogP contribution in [0.5, 0.6) is 0 Å². The lowest BCUT2D eigenvalue weighted by atomic mass is 9.93. The molecule has 0 saturated heterocycles. The minimum atomic E-state index is 0.652. The Kier molecular flexibility index (Phi) is 6.36. The van der Waals surface area contributed by atoms with Gasteiger partial charge in [-0.25, -0.2) is 15.0 Å². The maximum Gasteiger partial charge on any atom is 0.165 e. The molecular weight excluding hydrogens is 615 g/mol. The summed E-state index contributed by atoms with van der Waals surface area (Å²) in [4.78, 5) is 16.1. The second kappa shape index (κ2) is 11.2. The Balaban J connectivity index is 1.33. The first-order valence-corrected chi connectivity index (χ1v) is 17.3. The summed E-state index contributed by atoms with van der Waals surface area (Å²) in [5.41, 5.74) is 5.20. The fraction of sp³-hybridized carbons (Fsp3) is 0. The highest BCUT2D eigenvalue weighted by Gasteiger charge is 2.21. The third-order valence-corrected chi connectivity index (χ3v) is 10.7. The van der Waals surface area contributed by atoms with Gasteiger partial charge in [0, 0.05) is 36.9 Å². The van der Waals surface area contributed by atoms with Gasteiger partial charge in [0.2, 0.25) is 0 Å². The molecule has 0 radical (unpaired) electrons. The Morgan fingerprint density at radius 3 is 1.82 bits per heavy atom. The maximum atomic E-state index is 5.39. The second-order valence-corrected chi connectivity index (χ2v) is 13.4. The molecule has 0 saturated carbocycles. The fourth-order valence-electron chi connectivity index (χ4n) is 7.26. The Bertz CT molecular complexity index is 2890. The van der Waals surface area contributed by atoms with Gasteiger partial charge in [-0.3, -0.25) is 0 Å². The van der Waals surface area contributed by atoms with E-state index in [9.17, 15) is 0 Å². The first-order valence-electron chi connectivity index (χ1n) is 16.5. The van der Waals surface area contributed by atoms with E-state index in [-0.39, 0.29) is 0 Å². The van der Waals surface area contributed by atoms with E-state index >= 15 is 0 Å². The van der Waals surface area contributed by atoms with E-state index in [4.69, 9.17) is 15.0 Å². The highest BCUT2D eigenvalue weighted by molar-refractivity contribution is 7.26. The minimum Gasteiger partial charge on any atom is -0.208 e. The van der Waals surface area contributed by atoms with Gasteiger partial charge in [-0.1, -0.05) is 146 Å². The number of nitrogens with zero attached hydrogens (tertiary/aromatic N) is 3. The molecule has 3 nitrogen and oxygen atoms in total. The molecule has 8 aromatic carbocycles. The molecule has 4 heteroatoms. The molecular formula is C45H27N3S. The summed E-state index contributed by atoms with van der Waals surface area (Å²) < 4.78 is 2.43. The summed E-state index contributed by atoms with van der Waals surface area (Å²) in [6.07, 6.45) is 0. The first-order chi connectivity index (χ1) is 24.3. The van der Waals surface area contributed by atoms with Crippen LogP contribution in [-0.4, -0.2) is 15.0 Å². The topological polar surface area (TPSA) is 38.7 Å². The van der Waals surface area contributed by atoms with Gasteiger partial charge >= 0.3 is 0 Å². The summed E-state index contributed by atoms with van der Waals surface area (Å²) >= 11 is 1.79. The van der Waals surface area contributed by atoms with Gasteiger partial charge in [-0.15, -0.1) is 11.3 Å². The van der Waals surface area contributed by atoms with Crippen LogP contribution in [-0.2, 0) is 0 Å². The molecule has 0 amide bonds. The van der Waals surface area contributed by atoms with E-state index in [1.54, 1.807) is 11.3 Å². The molecule has 2 aromatic heterocycles. The Labute approximate surface area is 286 Å². The third-order valence-electron chi connectivity index (χ3n) is 9.53. The second-order valence-electron chi connectivity index (χ2n) is 12.4. The molecule has 10 aromatic rings. The van der Waals surface area contributed by atoms with Crippen LogP contribution in [0.4, 0.5) is 0 Å². The SMILES string of the molecule is c1ccc(-c2ccccc2-c2nc(-c3c4ccccc4cc4c3ccc3ccccc34)nc(-c3cccc4c3sc3ccccc34)n2)cc1. The Morgan fingerprint density at radius 1 is 0.347 bits per heavy atom. The third kappa shape index (κ3) is 4.53. The fourth-order valence-corrected chi connectivity index (χ4v) is 8.47. The van der Waals surface area contributed by atoms with Crippen molar-refractivity contribution in [1.82, 2.24) is 15.0 Å². The van der Waals surface area contributed by atoms with Gasteiger partial charge in [0.1, 0.15) is 0 Å². The summed E-state index contributed by atoms with van der Waals surface area (Å²) in [5, 5.41) is 9.47. The molecule has 228 valence electrons. The minimum absolute atomic E-state index is 0.652. The van der Waals surface area contributed by atoms with Crippen LogP contribution >= 0.6 is 11.3 Å². The standard InChI is InChI=1S/C45H27N3S/c1-2-13-28(14-3-1)31-17-8-9-21-37(31)43-46-44(38-23-12-22-36-34-20-10-11-24-40(34)49-42(36)38)48-45(47-43)41-33-19-7-5-16-30(33)27-39-32-18-6-4-15-29(32)25-26-35(39)41/h1-27H. The zero-order chi connectivity index (χ0) is 32.3. The summed E-state index contributed by atoms with van der Waals surface area (Å²) in [6, 6.07) is 57.9. The molecule has 2 heterocycles. The molecule has 0 N–H and O–H groups in total. The zero-order valence-corrected chi connectivity index (χ0v) is 27.2. The predicted molar refractivity (Wildman–Crippen MR) is 207 cm³/mol. The highest BCUT2D eigenvalue weighted by atomic mass is 32.1. The van der Waals surface area contributed by atoms with Gasteiger partial charge < -0.3 is 0 Å². The van der Waals surface area contributed by atoms with Crippen molar-refractivity contribution in [2.75, 3.05) is 0 Å². The van der Waals surface area contributed by atoms with Crippen LogP contribution in [0.1, 0.15) is 0 Å². The Hall–Kier alpha value is -6.23. The van der Waals surface area contributed by atoms with Crippen molar-refractivity contribution in [2.45, 2.75) is 0 Å². The van der Waals surface area contributed by atoms with Gasteiger partial charge in [-0.05, 0) is 61.6 Å². The molecule has 0 unspecified atom stereocenters. The van der Waals surface area contributed by atoms with E-state index < -0.39 is 0 Å². The van der Waals surface area contributed by atoms with Crippen molar-refractivity contribution in [3.05, 3.63) is 164 Å². The van der Waals surface area contributed by atoms with E-state index in [0.717, 1.165) is 44.0 Å². The summed E-state index contributed by atoms with van der Waals surface area (Å²) in [5.74, 6) is 1.99. The van der Waals surface area contributed by atoms with Crippen molar-refractivity contribution >= 4 is 63.8 Å². The number of hydrogen-bond donors (Lipinski definition) is 0. The quantitative estimate of drug-likeness (QED) is 0.142. The highest BCUT2D eigenvalue weighted by Crippen LogP contribution is 2.42. The average Bonchev–Trinajstić information content (AvgIpc) is 3.56. The Morgan fingerprint density at radius 2 is 0.959 bits per heavy atom. The predicted octanol–water partition coefficient (Wildman–Crippen LogP) is 12.4. The van der Waals surface area contributed by atoms with E-state index in [2.05, 4.69) is 158 Å². The lowest BCUT2D eigenvalue weighted by Gasteiger charge is -2.15. The molecule has 0 fully saturated rings. The molecule has 10 rings (SSSR count). The molecule has 0 aliphatic carbocycles. The molecule has 0 spiro atoms. The van der Waals surface area contributed by atoms with Crippen LogP contribution in [0.15, 0.2) is 164 Å². The number of rotatable bonds is 4. The average molecular weight is 642 g/mol. The lowest BCUT2D eigenvalue weighted by Crippen LogP contribution is -2.02. The molecule has 0 bridgehead atoms. The number of hydrogen-bond acceptors (Lipinski definition) is 4. The summed E-state index contributed by atoms with van der Waals surface area (Å²) in [6.45, 7) is 0. The van der Waals surface area contributed by atoms with E-state index in [1.807, 2.05) is 6.07 Å². The number of thiophene rings is 1. The van der Waals surface area contributed by atoms with Crippen LogP contribution in [0, 0.1) is 0 Å². The van der Waals surface area contributed by atoms with Gasteiger partial charge in [0.05, 0.1) is 0 Å². The summed E-state index contributed by atoms with van der Waals surface area (Å²) in [7, 11) is 0. The first kappa shape index (κ1) is 27.8. The monoisotopic (exact) mass is 641 g/mol. The van der Waals surface area contributed by atoms with Crippen LogP contribution in [0.2, 0.25) is 0 Å². The zero-order valence-electron chi connectivity index (χ0n) is 26.3. The van der Waals surface area contributed by atoms with E-state index in [1.165, 1.54) is 36.3 Å². The number of benzene rings is 8. The number of aromatic nitrogens is 3. The lowest BCUT2D eigenvalue weighted by molar-refractivity contribution is 1.08. The van der Waals surface area contributed by atoms with Crippen LogP contribution in [0.3, 0.4) is 0 Å². The van der Waals surface area contributed by atoms with Crippen molar-refractivity contribution in [1.29, 1.82) is 0 Å². The normalized spacial score (nSPS) is 11.7. The molecule has 49 heavy (non-hydrogen) atoms. The molecule has 0 atom stereocenters. The van der Waals surface area contributed by atoms with Gasteiger partial charge in [-0.2, -0.15) is 0 Å². The van der Waals surface area contributed by atoms with Crippen molar-refractivity contribution in [2.24, 2.45) is 0 Å². The van der Waals surface area contributed by atoms with Gasteiger partial charge in [0.25, 0.3) is 0 Å². The van der Waals surface area contributed by atoms with Crippen molar-refractivity contribution in [3.8, 4) is 45.3 Å². The number of fused-ring (bicyclic) bond motifs is 7. The van der Waals surface area contributed by atoms with Crippen LogP contribution in [0.25, 0.3) is 97.8 Å². The molecule has 0 aliphatic rings. The molecule has 0 aliphatic heterocycles. The van der Waals surface area contributed by atoms with Gasteiger partial charge in [0.15, 0.2) is 17.5 Å². The van der Waals surface area contributed by atoms with Crippen LogP contribution < -0.4 is 0 Å². The van der Waals surface area contributed by atoms with Crippen molar-refractivity contribution < 1.29 is 0 Å². The smallest absolute Gasteiger partial charge is 0.165 e. The van der Waals surface area contributed by atoms with E-state index in [0.29, 0.717) is 17.5 Å².